The van der Waals surface area contributed by atoms with E-state index in [1.807, 2.05) is 30.3 Å². The molecule has 25 heavy (non-hydrogen) atoms. The second-order valence-electron chi connectivity index (χ2n) is 6.97. The van der Waals surface area contributed by atoms with Gasteiger partial charge in [-0.15, -0.1) is 0 Å². The molecule has 0 unspecified atom stereocenters. The van der Waals surface area contributed by atoms with Gasteiger partial charge in [-0.25, -0.2) is 4.79 Å². The third kappa shape index (κ3) is 4.72. The normalized spacial score (nSPS) is 24.7. The standard InChI is InChI=1S/C19H26N2O4/c22-18(23)16-11-17(20-9-5-2-6-10-20)13-21(12-16)19(24)25-14-15-7-3-1-4-8-15/h1,3-4,7-8,16-17H,2,5-6,9-14H2,(H,22,23)/t16-,17+/m1/s1. The van der Waals surface area contributed by atoms with E-state index in [2.05, 4.69) is 4.90 Å². The summed E-state index contributed by atoms with van der Waals surface area (Å²) in [5.41, 5.74) is 0.926. The Labute approximate surface area is 148 Å². The van der Waals surface area contributed by atoms with Gasteiger partial charge in [-0.3, -0.25) is 9.69 Å². The van der Waals surface area contributed by atoms with Gasteiger partial charge in [-0.2, -0.15) is 0 Å². The molecule has 3 rings (SSSR count). The molecular weight excluding hydrogens is 320 g/mol. The van der Waals surface area contributed by atoms with Gasteiger partial charge < -0.3 is 14.7 Å². The highest BCUT2D eigenvalue weighted by Crippen LogP contribution is 2.24. The van der Waals surface area contributed by atoms with Crippen LogP contribution < -0.4 is 0 Å². The van der Waals surface area contributed by atoms with Crippen LogP contribution in [0, 0.1) is 5.92 Å². The minimum absolute atomic E-state index is 0.111. The second kappa shape index (κ2) is 8.34. The largest absolute Gasteiger partial charge is 0.481 e. The maximum Gasteiger partial charge on any atom is 0.410 e. The summed E-state index contributed by atoms with van der Waals surface area (Å²) >= 11 is 0. The summed E-state index contributed by atoms with van der Waals surface area (Å²) in [7, 11) is 0. The lowest BCUT2D eigenvalue weighted by molar-refractivity contribution is -0.144. The number of carboxylic acids is 1. The predicted octanol–water partition coefficient (Wildman–Crippen LogP) is 2.58. The molecule has 1 amide bonds. The number of carboxylic acid groups (broad SMARTS) is 1. The lowest BCUT2D eigenvalue weighted by Gasteiger charge is -2.42. The van der Waals surface area contributed by atoms with Crippen LogP contribution in [0.25, 0.3) is 0 Å². The number of aliphatic carboxylic acids is 1. The first-order chi connectivity index (χ1) is 12.1. The van der Waals surface area contributed by atoms with Crippen molar-refractivity contribution in [3.8, 4) is 0 Å². The van der Waals surface area contributed by atoms with E-state index in [0.717, 1.165) is 31.5 Å². The number of benzene rings is 1. The first-order valence-corrected chi connectivity index (χ1v) is 9.06. The molecule has 1 aromatic rings. The molecule has 1 aromatic carbocycles. The Kier molecular flexibility index (Phi) is 5.91. The average molecular weight is 346 g/mol. The Hall–Kier alpha value is -2.08. The molecule has 1 N–H and O–H groups in total. The molecule has 6 nitrogen and oxygen atoms in total. The molecule has 0 bridgehead atoms. The van der Waals surface area contributed by atoms with Gasteiger partial charge >= 0.3 is 12.1 Å². The van der Waals surface area contributed by atoms with Gasteiger partial charge in [0, 0.05) is 19.1 Å². The molecule has 2 saturated heterocycles. The van der Waals surface area contributed by atoms with Crippen molar-refractivity contribution in [1.29, 1.82) is 0 Å². The molecular formula is C19H26N2O4. The van der Waals surface area contributed by atoms with Crippen molar-refractivity contribution >= 4 is 12.1 Å². The van der Waals surface area contributed by atoms with E-state index in [-0.39, 0.29) is 19.2 Å². The molecule has 0 spiro atoms. The number of amides is 1. The van der Waals surface area contributed by atoms with E-state index < -0.39 is 18.0 Å². The van der Waals surface area contributed by atoms with Crippen molar-refractivity contribution in [2.24, 2.45) is 5.92 Å². The predicted molar refractivity (Wildman–Crippen MR) is 93.2 cm³/mol. The fourth-order valence-electron chi connectivity index (χ4n) is 3.76. The van der Waals surface area contributed by atoms with Crippen LogP contribution in [0.1, 0.15) is 31.2 Å². The summed E-state index contributed by atoms with van der Waals surface area (Å²) in [6, 6.07) is 9.63. The highest BCUT2D eigenvalue weighted by Gasteiger charge is 2.37. The number of likely N-dealkylation sites (tertiary alicyclic amines) is 2. The van der Waals surface area contributed by atoms with Crippen LogP contribution in [0.15, 0.2) is 30.3 Å². The summed E-state index contributed by atoms with van der Waals surface area (Å²) in [4.78, 5) is 27.9. The Morgan fingerprint density at radius 1 is 1.08 bits per heavy atom. The average Bonchev–Trinajstić information content (AvgIpc) is 2.67. The fourth-order valence-corrected chi connectivity index (χ4v) is 3.76. The molecule has 2 heterocycles. The van der Waals surface area contributed by atoms with Gasteiger partial charge in [-0.1, -0.05) is 36.8 Å². The molecule has 2 aliphatic rings. The van der Waals surface area contributed by atoms with Crippen molar-refractivity contribution < 1.29 is 19.4 Å². The van der Waals surface area contributed by atoms with Crippen LogP contribution in [-0.2, 0) is 16.1 Å². The zero-order valence-corrected chi connectivity index (χ0v) is 14.5. The van der Waals surface area contributed by atoms with E-state index in [4.69, 9.17) is 4.74 Å². The number of ether oxygens (including phenoxy) is 1. The van der Waals surface area contributed by atoms with Gasteiger partial charge in [0.25, 0.3) is 0 Å². The summed E-state index contributed by atoms with van der Waals surface area (Å²) in [5.74, 6) is -1.35. The van der Waals surface area contributed by atoms with Crippen LogP contribution in [0.3, 0.4) is 0 Å². The number of nitrogens with zero attached hydrogens (tertiary/aromatic N) is 2. The van der Waals surface area contributed by atoms with E-state index in [0.29, 0.717) is 13.0 Å². The number of carbonyl (C=O) groups is 2. The molecule has 0 radical (unpaired) electrons. The van der Waals surface area contributed by atoms with Gasteiger partial charge in [0.2, 0.25) is 0 Å². The van der Waals surface area contributed by atoms with Crippen molar-refractivity contribution in [2.75, 3.05) is 26.2 Å². The quantitative estimate of drug-likeness (QED) is 0.907. The van der Waals surface area contributed by atoms with Gasteiger partial charge in [-0.05, 0) is 37.9 Å². The number of hydrogen-bond acceptors (Lipinski definition) is 4. The fraction of sp³-hybridized carbons (Fsp3) is 0.579. The summed E-state index contributed by atoms with van der Waals surface area (Å²) in [6.45, 7) is 2.97. The molecule has 0 aromatic heterocycles. The SMILES string of the molecule is O=C(O)[C@@H]1C[C@H](N2CCCCC2)CN(C(=O)OCc2ccccc2)C1. The van der Waals surface area contributed by atoms with E-state index in [1.54, 1.807) is 4.90 Å². The molecule has 2 aliphatic heterocycles. The highest BCUT2D eigenvalue weighted by molar-refractivity contribution is 5.73. The van der Waals surface area contributed by atoms with Crippen molar-refractivity contribution in [1.82, 2.24) is 9.80 Å². The zero-order chi connectivity index (χ0) is 17.6. The molecule has 2 fully saturated rings. The third-order valence-electron chi connectivity index (χ3n) is 5.15. The number of hydrogen-bond donors (Lipinski definition) is 1. The highest BCUT2D eigenvalue weighted by atomic mass is 16.6. The minimum atomic E-state index is -0.831. The monoisotopic (exact) mass is 346 g/mol. The smallest absolute Gasteiger partial charge is 0.410 e. The Balaban J connectivity index is 1.61. The second-order valence-corrected chi connectivity index (χ2v) is 6.97. The van der Waals surface area contributed by atoms with Gasteiger partial charge in [0.1, 0.15) is 6.61 Å². The number of carbonyl (C=O) groups excluding carboxylic acids is 1. The summed E-state index contributed by atoms with van der Waals surface area (Å²) in [5, 5.41) is 9.46. The summed E-state index contributed by atoms with van der Waals surface area (Å²) in [6.07, 6.45) is 3.71. The maximum atomic E-state index is 12.5. The number of rotatable bonds is 4. The van der Waals surface area contributed by atoms with Crippen LogP contribution in [-0.4, -0.2) is 59.2 Å². The van der Waals surface area contributed by atoms with E-state index >= 15 is 0 Å². The maximum absolute atomic E-state index is 12.5. The first-order valence-electron chi connectivity index (χ1n) is 9.06. The van der Waals surface area contributed by atoms with Gasteiger partial charge in [0.15, 0.2) is 0 Å². The lowest BCUT2D eigenvalue weighted by Crippen LogP contribution is -2.55. The van der Waals surface area contributed by atoms with Crippen LogP contribution in [0.2, 0.25) is 0 Å². The van der Waals surface area contributed by atoms with E-state index in [1.165, 1.54) is 6.42 Å². The van der Waals surface area contributed by atoms with Gasteiger partial charge in [0.05, 0.1) is 5.92 Å². The Morgan fingerprint density at radius 3 is 2.48 bits per heavy atom. The van der Waals surface area contributed by atoms with Crippen LogP contribution in [0.5, 0.6) is 0 Å². The molecule has 0 aliphatic carbocycles. The Morgan fingerprint density at radius 2 is 1.80 bits per heavy atom. The van der Waals surface area contributed by atoms with Crippen molar-refractivity contribution in [3.05, 3.63) is 35.9 Å². The molecule has 136 valence electrons. The topological polar surface area (TPSA) is 70.1 Å². The lowest BCUT2D eigenvalue weighted by atomic mass is 9.92. The zero-order valence-electron chi connectivity index (χ0n) is 14.5. The third-order valence-corrected chi connectivity index (χ3v) is 5.15. The number of piperidine rings is 2. The molecule has 6 heteroatoms. The molecule has 2 atom stereocenters. The first kappa shape index (κ1) is 17.7. The summed E-state index contributed by atoms with van der Waals surface area (Å²) < 4.78 is 5.41. The van der Waals surface area contributed by atoms with E-state index in [9.17, 15) is 14.7 Å². The van der Waals surface area contributed by atoms with Crippen molar-refractivity contribution in [2.45, 2.75) is 38.3 Å². The van der Waals surface area contributed by atoms with Crippen molar-refractivity contribution in [3.63, 3.8) is 0 Å². The minimum Gasteiger partial charge on any atom is -0.481 e. The van der Waals surface area contributed by atoms with Crippen LogP contribution >= 0.6 is 0 Å². The molecule has 0 saturated carbocycles. The Bertz CT molecular complexity index is 586. The van der Waals surface area contributed by atoms with Crippen LogP contribution in [0.4, 0.5) is 4.79 Å².